The predicted molar refractivity (Wildman–Crippen MR) is 77.0 cm³/mol. The van der Waals surface area contributed by atoms with Crippen LogP contribution < -0.4 is 11.1 Å². The second kappa shape index (κ2) is 6.53. The van der Waals surface area contributed by atoms with Crippen LogP contribution in [-0.2, 0) is 0 Å². The van der Waals surface area contributed by atoms with Crippen molar-refractivity contribution in [3.05, 3.63) is 33.9 Å². The smallest absolute Gasteiger partial charge is 0.310 e. The minimum Gasteiger partial charge on any atom is -0.502 e. The molecule has 0 saturated heterocycles. The lowest BCUT2D eigenvalue weighted by Crippen LogP contribution is -2.44. The summed E-state index contributed by atoms with van der Waals surface area (Å²) in [4.78, 5) is 22.1. The van der Waals surface area contributed by atoms with Gasteiger partial charge in [0, 0.05) is 17.7 Å². The number of hydrogen-bond donors (Lipinski definition) is 3. The molecule has 1 saturated carbocycles. The number of phenols is 1. The monoisotopic (exact) mass is 293 g/mol. The second-order valence-electron chi connectivity index (χ2n) is 5.32. The third-order valence-corrected chi connectivity index (χ3v) is 3.96. The van der Waals surface area contributed by atoms with Gasteiger partial charge >= 0.3 is 5.69 Å². The molecule has 0 aliphatic heterocycles. The minimum atomic E-state index is -0.692. The number of nitrogens with two attached hydrogens (primary N) is 1. The van der Waals surface area contributed by atoms with E-state index in [-0.39, 0.29) is 23.4 Å². The molecular weight excluding hydrogens is 274 g/mol. The Morgan fingerprint density at radius 3 is 2.76 bits per heavy atom. The molecule has 114 valence electrons. The minimum absolute atomic E-state index is 0.0218. The van der Waals surface area contributed by atoms with Crippen molar-refractivity contribution >= 4 is 11.6 Å². The zero-order chi connectivity index (χ0) is 15.4. The SMILES string of the molecule is NCC1CCCCC1NC(=O)c1ccc([N+](=O)[O-])c(O)c1. The summed E-state index contributed by atoms with van der Waals surface area (Å²) >= 11 is 0. The topological polar surface area (TPSA) is 118 Å². The number of nitrogens with one attached hydrogen (secondary N) is 1. The number of hydrogen-bond acceptors (Lipinski definition) is 5. The van der Waals surface area contributed by atoms with Gasteiger partial charge in [0.25, 0.3) is 5.91 Å². The Balaban J connectivity index is 2.09. The highest BCUT2D eigenvalue weighted by Gasteiger charge is 2.26. The highest BCUT2D eigenvalue weighted by molar-refractivity contribution is 5.95. The molecular formula is C14H19N3O4. The van der Waals surface area contributed by atoms with Gasteiger partial charge in [0.05, 0.1) is 4.92 Å². The predicted octanol–water partition coefficient (Wildman–Crippen LogP) is 1.55. The molecule has 1 amide bonds. The van der Waals surface area contributed by atoms with E-state index in [0.29, 0.717) is 6.54 Å². The quantitative estimate of drug-likeness (QED) is 0.575. The third-order valence-electron chi connectivity index (χ3n) is 3.96. The summed E-state index contributed by atoms with van der Waals surface area (Å²) in [5, 5.41) is 23.1. The van der Waals surface area contributed by atoms with Crippen LogP contribution in [0.4, 0.5) is 5.69 Å². The molecule has 0 spiro atoms. The Morgan fingerprint density at radius 2 is 2.14 bits per heavy atom. The highest BCUT2D eigenvalue weighted by Crippen LogP contribution is 2.27. The fraction of sp³-hybridized carbons (Fsp3) is 0.500. The van der Waals surface area contributed by atoms with Crippen molar-refractivity contribution < 1.29 is 14.8 Å². The second-order valence-corrected chi connectivity index (χ2v) is 5.32. The van der Waals surface area contributed by atoms with Crippen LogP contribution in [0.5, 0.6) is 5.75 Å². The molecule has 2 unspecified atom stereocenters. The molecule has 0 radical (unpaired) electrons. The number of nitrogens with zero attached hydrogens (tertiary/aromatic N) is 1. The number of benzene rings is 1. The van der Waals surface area contributed by atoms with Gasteiger partial charge < -0.3 is 16.2 Å². The van der Waals surface area contributed by atoms with Crippen molar-refractivity contribution in [3.63, 3.8) is 0 Å². The lowest BCUT2D eigenvalue weighted by atomic mass is 9.84. The highest BCUT2D eigenvalue weighted by atomic mass is 16.6. The van der Waals surface area contributed by atoms with E-state index >= 15 is 0 Å². The number of amides is 1. The van der Waals surface area contributed by atoms with E-state index in [2.05, 4.69) is 5.32 Å². The Hall–Kier alpha value is -2.15. The first-order valence-electron chi connectivity index (χ1n) is 7.01. The Labute approximate surface area is 122 Å². The maximum absolute atomic E-state index is 12.2. The van der Waals surface area contributed by atoms with Crippen LogP contribution in [0.3, 0.4) is 0 Å². The van der Waals surface area contributed by atoms with Crippen LogP contribution in [-0.4, -0.2) is 28.5 Å². The molecule has 0 bridgehead atoms. The largest absolute Gasteiger partial charge is 0.502 e. The average Bonchev–Trinajstić information content (AvgIpc) is 2.47. The first-order valence-corrected chi connectivity index (χ1v) is 7.01. The Morgan fingerprint density at radius 1 is 1.43 bits per heavy atom. The molecule has 7 heteroatoms. The first-order chi connectivity index (χ1) is 10.0. The van der Waals surface area contributed by atoms with Crippen molar-refractivity contribution in [2.75, 3.05) is 6.54 Å². The fourth-order valence-electron chi connectivity index (χ4n) is 2.75. The van der Waals surface area contributed by atoms with Gasteiger partial charge in [-0.1, -0.05) is 12.8 Å². The van der Waals surface area contributed by atoms with Gasteiger partial charge in [0.15, 0.2) is 5.75 Å². The molecule has 7 nitrogen and oxygen atoms in total. The van der Waals surface area contributed by atoms with E-state index in [1.165, 1.54) is 6.07 Å². The van der Waals surface area contributed by atoms with Gasteiger partial charge in [-0.15, -0.1) is 0 Å². The summed E-state index contributed by atoms with van der Waals surface area (Å²) in [7, 11) is 0. The van der Waals surface area contributed by atoms with Crippen molar-refractivity contribution in [2.24, 2.45) is 11.7 Å². The first kappa shape index (κ1) is 15.2. The summed E-state index contributed by atoms with van der Waals surface area (Å²) in [6, 6.07) is 3.61. The van der Waals surface area contributed by atoms with E-state index in [9.17, 15) is 20.0 Å². The number of nitro benzene ring substituents is 1. The summed E-state index contributed by atoms with van der Waals surface area (Å²) in [5.41, 5.74) is 5.51. The van der Waals surface area contributed by atoms with Crippen LogP contribution in [0.25, 0.3) is 0 Å². The standard InChI is InChI=1S/C14H19N3O4/c15-8-10-3-1-2-4-11(10)16-14(19)9-5-6-12(17(20)21)13(18)7-9/h5-7,10-11,18H,1-4,8,15H2,(H,16,19). The zero-order valence-electron chi connectivity index (χ0n) is 11.6. The van der Waals surface area contributed by atoms with E-state index in [1.54, 1.807) is 0 Å². The molecule has 1 aromatic carbocycles. The van der Waals surface area contributed by atoms with E-state index < -0.39 is 16.4 Å². The molecule has 4 N–H and O–H groups in total. The summed E-state index contributed by atoms with van der Waals surface area (Å²) < 4.78 is 0. The molecule has 1 fully saturated rings. The molecule has 2 rings (SSSR count). The maximum Gasteiger partial charge on any atom is 0.310 e. The number of rotatable bonds is 4. The van der Waals surface area contributed by atoms with Crippen LogP contribution in [0.1, 0.15) is 36.0 Å². The normalized spacial score (nSPS) is 21.8. The van der Waals surface area contributed by atoms with Crippen LogP contribution >= 0.6 is 0 Å². The van der Waals surface area contributed by atoms with Crippen molar-refractivity contribution in [2.45, 2.75) is 31.7 Å². The van der Waals surface area contributed by atoms with Crippen molar-refractivity contribution in [1.82, 2.24) is 5.32 Å². The van der Waals surface area contributed by atoms with Gasteiger partial charge in [-0.05, 0) is 37.4 Å². The Kier molecular flexibility index (Phi) is 4.74. The summed E-state index contributed by atoms with van der Waals surface area (Å²) in [6.45, 7) is 0.524. The van der Waals surface area contributed by atoms with E-state index in [0.717, 1.165) is 37.8 Å². The number of carbonyl (C=O) groups is 1. The van der Waals surface area contributed by atoms with E-state index in [4.69, 9.17) is 5.73 Å². The summed E-state index contributed by atoms with van der Waals surface area (Å²) in [5.74, 6) is -0.591. The van der Waals surface area contributed by atoms with Crippen LogP contribution in [0.2, 0.25) is 0 Å². The molecule has 1 aromatic rings. The molecule has 1 aliphatic carbocycles. The molecule has 1 aliphatic rings. The molecule has 2 atom stereocenters. The molecule has 0 heterocycles. The number of nitro groups is 1. The van der Waals surface area contributed by atoms with Gasteiger partial charge in [0.2, 0.25) is 0 Å². The van der Waals surface area contributed by atoms with Crippen LogP contribution in [0.15, 0.2) is 18.2 Å². The van der Waals surface area contributed by atoms with Gasteiger partial charge in [-0.25, -0.2) is 0 Å². The van der Waals surface area contributed by atoms with Crippen molar-refractivity contribution in [1.29, 1.82) is 0 Å². The lowest BCUT2D eigenvalue weighted by Gasteiger charge is -2.31. The van der Waals surface area contributed by atoms with Crippen molar-refractivity contribution in [3.8, 4) is 5.75 Å². The van der Waals surface area contributed by atoms with Gasteiger partial charge in [0.1, 0.15) is 0 Å². The van der Waals surface area contributed by atoms with Gasteiger partial charge in [-0.2, -0.15) is 0 Å². The fourth-order valence-corrected chi connectivity index (χ4v) is 2.75. The lowest BCUT2D eigenvalue weighted by molar-refractivity contribution is -0.385. The molecule has 0 aromatic heterocycles. The summed E-state index contributed by atoms with van der Waals surface area (Å²) in [6.07, 6.45) is 4.04. The van der Waals surface area contributed by atoms with Crippen LogP contribution in [0, 0.1) is 16.0 Å². The Bertz CT molecular complexity index is 547. The van der Waals surface area contributed by atoms with E-state index in [1.807, 2.05) is 0 Å². The number of phenolic OH excluding ortho intramolecular Hbond substituents is 1. The maximum atomic E-state index is 12.2. The number of carbonyl (C=O) groups excluding carboxylic acids is 1. The number of aromatic hydroxyl groups is 1. The molecule has 21 heavy (non-hydrogen) atoms. The van der Waals surface area contributed by atoms with Gasteiger partial charge in [-0.3, -0.25) is 14.9 Å². The third kappa shape index (κ3) is 3.49. The average molecular weight is 293 g/mol. The zero-order valence-corrected chi connectivity index (χ0v) is 11.6.